The van der Waals surface area contributed by atoms with Crippen molar-refractivity contribution in [3.8, 4) is 11.5 Å². The summed E-state index contributed by atoms with van der Waals surface area (Å²) in [6, 6.07) is 12.4. The van der Waals surface area contributed by atoms with Crippen LogP contribution in [0.1, 0.15) is 21.5 Å². The lowest BCUT2D eigenvalue weighted by molar-refractivity contribution is -0.109. The van der Waals surface area contributed by atoms with Crippen LogP contribution in [-0.4, -0.2) is 25.8 Å². The van der Waals surface area contributed by atoms with Gasteiger partial charge in [-0.15, -0.1) is 0 Å². The van der Waals surface area contributed by atoms with Gasteiger partial charge in [0.1, 0.15) is 0 Å². The molecule has 4 nitrogen and oxygen atoms in total. The van der Waals surface area contributed by atoms with Crippen LogP contribution in [0.2, 0.25) is 0 Å². The first-order valence-corrected chi connectivity index (χ1v) is 6.78. The van der Waals surface area contributed by atoms with Gasteiger partial charge in [0.15, 0.2) is 11.5 Å². The summed E-state index contributed by atoms with van der Waals surface area (Å²) in [5, 5.41) is 0. The van der Waals surface area contributed by atoms with Crippen LogP contribution >= 0.6 is 0 Å². The largest absolute Gasteiger partial charge is 0.493 e. The molecular formula is C18H14O4. The molecule has 2 aromatic rings. The van der Waals surface area contributed by atoms with Gasteiger partial charge in [0.2, 0.25) is 11.6 Å². The zero-order valence-corrected chi connectivity index (χ0v) is 12.3. The van der Waals surface area contributed by atoms with Gasteiger partial charge < -0.3 is 9.47 Å². The molecule has 0 unspecified atom stereocenters. The molecule has 0 fully saturated rings. The molecule has 4 heteroatoms. The highest BCUT2D eigenvalue weighted by Crippen LogP contribution is 2.33. The molecule has 0 spiro atoms. The highest BCUT2D eigenvalue weighted by atomic mass is 16.5. The van der Waals surface area contributed by atoms with Crippen LogP contribution in [0.25, 0.3) is 11.6 Å². The van der Waals surface area contributed by atoms with Crippen LogP contribution in [0.3, 0.4) is 0 Å². The van der Waals surface area contributed by atoms with Gasteiger partial charge in [0.25, 0.3) is 0 Å². The zero-order valence-electron chi connectivity index (χ0n) is 12.3. The molecule has 22 heavy (non-hydrogen) atoms. The minimum Gasteiger partial charge on any atom is -0.493 e. The predicted molar refractivity (Wildman–Crippen MR) is 83.2 cm³/mol. The summed E-state index contributed by atoms with van der Waals surface area (Å²) in [7, 11) is 3.11. The van der Waals surface area contributed by atoms with E-state index in [4.69, 9.17) is 9.47 Å². The van der Waals surface area contributed by atoms with E-state index in [9.17, 15) is 9.59 Å². The number of benzene rings is 2. The maximum absolute atomic E-state index is 12.2. The van der Waals surface area contributed by atoms with Gasteiger partial charge in [-0.05, 0) is 29.3 Å². The third-order valence-electron chi connectivity index (χ3n) is 3.63. The van der Waals surface area contributed by atoms with E-state index in [-0.39, 0.29) is 0 Å². The van der Waals surface area contributed by atoms with Gasteiger partial charge in [0.05, 0.1) is 14.2 Å². The van der Waals surface area contributed by atoms with E-state index >= 15 is 0 Å². The second-order valence-electron chi connectivity index (χ2n) is 4.88. The molecule has 0 radical (unpaired) electrons. The van der Waals surface area contributed by atoms with Crippen molar-refractivity contribution in [1.82, 2.24) is 0 Å². The molecule has 0 atom stereocenters. The van der Waals surface area contributed by atoms with Crippen molar-refractivity contribution in [3.63, 3.8) is 0 Å². The van der Waals surface area contributed by atoms with Crippen molar-refractivity contribution in [3.05, 3.63) is 59.2 Å². The SMILES string of the molecule is COc1ccc(/C=C2\C(=O)C(=O)c3ccccc32)cc1OC. The molecule has 0 heterocycles. The molecule has 0 bridgehead atoms. The van der Waals surface area contributed by atoms with Crippen molar-refractivity contribution in [2.24, 2.45) is 0 Å². The number of carbonyl (C=O) groups excluding carboxylic acids is 2. The van der Waals surface area contributed by atoms with E-state index in [0.717, 1.165) is 5.56 Å². The third-order valence-corrected chi connectivity index (χ3v) is 3.63. The molecule has 0 aromatic heterocycles. The molecule has 1 aliphatic rings. The summed E-state index contributed by atoms with van der Waals surface area (Å²) in [5.74, 6) is 0.249. The molecule has 0 amide bonds. The van der Waals surface area contributed by atoms with Crippen LogP contribution in [0.4, 0.5) is 0 Å². The molecule has 0 saturated heterocycles. The van der Waals surface area contributed by atoms with E-state index in [0.29, 0.717) is 28.2 Å². The monoisotopic (exact) mass is 294 g/mol. The second-order valence-corrected chi connectivity index (χ2v) is 4.88. The highest BCUT2D eigenvalue weighted by molar-refractivity contribution is 6.64. The van der Waals surface area contributed by atoms with Crippen molar-refractivity contribution >= 4 is 23.2 Å². The Morgan fingerprint density at radius 3 is 2.18 bits per heavy atom. The molecule has 110 valence electrons. The second kappa shape index (κ2) is 5.48. The number of hydrogen-bond donors (Lipinski definition) is 0. The Balaban J connectivity index is 2.10. The number of Topliss-reactive ketones (excluding diaryl/α,β-unsaturated/α-hetero) is 2. The van der Waals surface area contributed by atoms with Crippen LogP contribution in [0, 0.1) is 0 Å². The lowest BCUT2D eigenvalue weighted by Crippen LogP contribution is -2.05. The smallest absolute Gasteiger partial charge is 0.234 e. The lowest BCUT2D eigenvalue weighted by atomic mass is 10.0. The van der Waals surface area contributed by atoms with Gasteiger partial charge in [-0.2, -0.15) is 0 Å². The minimum absolute atomic E-state index is 0.410. The molecule has 1 aliphatic carbocycles. The number of carbonyl (C=O) groups is 2. The average molecular weight is 294 g/mol. The topological polar surface area (TPSA) is 52.6 Å². The zero-order chi connectivity index (χ0) is 15.7. The Labute approximate surface area is 128 Å². The van der Waals surface area contributed by atoms with Crippen molar-refractivity contribution in [2.75, 3.05) is 14.2 Å². The summed E-state index contributed by atoms with van der Waals surface area (Å²) in [5.41, 5.74) is 2.31. The van der Waals surface area contributed by atoms with Gasteiger partial charge in [-0.3, -0.25) is 9.59 Å². The maximum atomic E-state index is 12.2. The summed E-state index contributed by atoms with van der Waals surface area (Å²) < 4.78 is 10.4. The number of methoxy groups -OCH3 is 2. The van der Waals surface area contributed by atoms with E-state index in [2.05, 4.69) is 0 Å². The number of allylic oxidation sites excluding steroid dienone is 1. The lowest BCUT2D eigenvalue weighted by Gasteiger charge is -2.08. The van der Waals surface area contributed by atoms with Gasteiger partial charge in [-0.25, -0.2) is 0 Å². The van der Waals surface area contributed by atoms with Crippen LogP contribution in [0.5, 0.6) is 11.5 Å². The van der Waals surface area contributed by atoms with Crippen molar-refractivity contribution < 1.29 is 19.1 Å². The molecule has 3 rings (SSSR count). The Morgan fingerprint density at radius 1 is 0.818 bits per heavy atom. The first kappa shape index (κ1) is 14.1. The number of rotatable bonds is 3. The normalized spacial score (nSPS) is 15.1. The molecule has 0 saturated carbocycles. The van der Waals surface area contributed by atoms with Crippen molar-refractivity contribution in [2.45, 2.75) is 0 Å². The Bertz CT molecular complexity index is 802. The molecule has 0 N–H and O–H groups in total. The van der Waals surface area contributed by atoms with E-state index in [1.54, 1.807) is 50.6 Å². The van der Waals surface area contributed by atoms with Gasteiger partial charge in [0, 0.05) is 11.1 Å². The van der Waals surface area contributed by atoms with Crippen LogP contribution < -0.4 is 9.47 Å². The average Bonchev–Trinajstić information content (AvgIpc) is 2.80. The number of hydrogen-bond acceptors (Lipinski definition) is 4. The summed E-state index contributed by atoms with van der Waals surface area (Å²) in [6.07, 6.45) is 1.70. The van der Waals surface area contributed by atoms with E-state index < -0.39 is 11.6 Å². The first-order valence-electron chi connectivity index (χ1n) is 6.78. The molecule has 2 aromatic carbocycles. The number of fused-ring (bicyclic) bond motifs is 1. The Morgan fingerprint density at radius 2 is 1.50 bits per heavy atom. The van der Waals surface area contributed by atoms with Gasteiger partial charge >= 0.3 is 0 Å². The predicted octanol–water partition coefficient (Wildman–Crippen LogP) is 3.01. The highest BCUT2D eigenvalue weighted by Gasteiger charge is 2.32. The molecule has 0 aliphatic heterocycles. The Hall–Kier alpha value is -2.88. The quantitative estimate of drug-likeness (QED) is 0.645. The fraction of sp³-hybridized carbons (Fsp3) is 0.111. The van der Waals surface area contributed by atoms with E-state index in [1.165, 1.54) is 0 Å². The summed E-state index contributed by atoms with van der Waals surface area (Å²) in [4.78, 5) is 24.2. The fourth-order valence-electron chi connectivity index (χ4n) is 2.54. The van der Waals surface area contributed by atoms with Crippen LogP contribution in [0.15, 0.2) is 42.5 Å². The van der Waals surface area contributed by atoms with Gasteiger partial charge in [-0.1, -0.05) is 30.3 Å². The van der Waals surface area contributed by atoms with Crippen LogP contribution in [-0.2, 0) is 4.79 Å². The standard InChI is InChI=1S/C18H14O4/c1-21-15-8-7-11(10-16(15)22-2)9-14-12-5-3-4-6-13(12)17(19)18(14)20/h3-10H,1-2H3/b14-9-. The first-order chi connectivity index (χ1) is 10.7. The van der Waals surface area contributed by atoms with Crippen molar-refractivity contribution in [1.29, 1.82) is 0 Å². The number of ether oxygens (including phenoxy) is 2. The number of ketones is 2. The van der Waals surface area contributed by atoms with E-state index in [1.807, 2.05) is 12.1 Å². The molecular weight excluding hydrogens is 280 g/mol. The summed E-state index contributed by atoms with van der Waals surface area (Å²) in [6.45, 7) is 0. The maximum Gasteiger partial charge on any atom is 0.234 e. The summed E-state index contributed by atoms with van der Waals surface area (Å²) >= 11 is 0. The fourth-order valence-corrected chi connectivity index (χ4v) is 2.54. The Kier molecular flexibility index (Phi) is 3.51. The minimum atomic E-state index is -0.476. The third kappa shape index (κ3) is 2.19.